The van der Waals surface area contributed by atoms with Gasteiger partial charge in [0.1, 0.15) is 12.2 Å². The number of barbiturate groups is 1. The van der Waals surface area contributed by atoms with Crippen molar-refractivity contribution in [1.29, 1.82) is 0 Å². The molecule has 11 heteroatoms. The molecule has 8 nitrogen and oxygen atoms in total. The van der Waals surface area contributed by atoms with Crippen LogP contribution in [0.1, 0.15) is 11.1 Å². The van der Waals surface area contributed by atoms with Gasteiger partial charge < -0.3 is 14.2 Å². The molecule has 0 unspecified atom stereocenters. The molecule has 2 aliphatic heterocycles. The zero-order valence-electron chi connectivity index (χ0n) is 18.2. The number of carbonyl (C=O) groups is 3. The van der Waals surface area contributed by atoms with Gasteiger partial charge in [-0.25, -0.2) is 9.69 Å². The van der Waals surface area contributed by atoms with Crippen molar-refractivity contribution in [2.75, 3.05) is 11.7 Å². The minimum Gasteiger partial charge on any atom is -0.486 e. The first-order chi connectivity index (χ1) is 17.3. The molecule has 4 amide bonds. The van der Waals surface area contributed by atoms with Crippen LogP contribution in [0, 0.1) is 0 Å². The second-order valence-corrected chi connectivity index (χ2v) is 8.98. The number of nitrogens with one attached hydrogen (secondary N) is 1. The van der Waals surface area contributed by atoms with E-state index in [2.05, 4.69) is 5.32 Å². The molecule has 1 N–H and O–H groups in total. The fourth-order valence-electron chi connectivity index (χ4n) is 3.64. The van der Waals surface area contributed by atoms with Crippen LogP contribution in [0.25, 0.3) is 6.08 Å². The van der Waals surface area contributed by atoms with Gasteiger partial charge in [0.25, 0.3) is 11.8 Å². The van der Waals surface area contributed by atoms with Crippen molar-refractivity contribution in [3.05, 3.63) is 86.4 Å². The molecule has 182 valence electrons. The summed E-state index contributed by atoms with van der Waals surface area (Å²) in [4.78, 5) is 38.7. The van der Waals surface area contributed by atoms with E-state index in [1.807, 2.05) is 6.07 Å². The van der Waals surface area contributed by atoms with Crippen LogP contribution >= 0.6 is 34.8 Å². The van der Waals surface area contributed by atoms with Crippen LogP contribution in [0.2, 0.25) is 15.1 Å². The number of halogens is 3. The van der Waals surface area contributed by atoms with Crippen LogP contribution in [-0.4, -0.2) is 24.6 Å². The zero-order chi connectivity index (χ0) is 25.4. The summed E-state index contributed by atoms with van der Waals surface area (Å²) in [5.41, 5.74) is 1.16. The molecule has 36 heavy (non-hydrogen) atoms. The number of anilines is 1. The summed E-state index contributed by atoms with van der Waals surface area (Å²) in [5, 5.41) is 2.93. The topological polar surface area (TPSA) is 94.2 Å². The smallest absolute Gasteiger partial charge is 0.335 e. The molecule has 2 aliphatic rings. The lowest BCUT2D eigenvalue weighted by molar-refractivity contribution is -0.122. The Labute approximate surface area is 219 Å². The van der Waals surface area contributed by atoms with Gasteiger partial charge in [0.2, 0.25) is 6.79 Å². The van der Waals surface area contributed by atoms with Gasteiger partial charge in [-0.1, -0.05) is 40.9 Å². The van der Waals surface area contributed by atoms with Crippen molar-refractivity contribution in [2.45, 2.75) is 6.61 Å². The minimum atomic E-state index is -0.868. The second-order valence-electron chi connectivity index (χ2n) is 7.72. The number of fused-ring (bicyclic) bond motifs is 1. The fourth-order valence-corrected chi connectivity index (χ4v) is 4.37. The Morgan fingerprint density at radius 2 is 1.61 bits per heavy atom. The molecular weight excluding hydrogens is 531 g/mol. The van der Waals surface area contributed by atoms with Crippen LogP contribution in [0.3, 0.4) is 0 Å². The summed E-state index contributed by atoms with van der Waals surface area (Å²) in [6, 6.07) is 13.6. The Morgan fingerprint density at radius 3 is 2.33 bits per heavy atom. The number of benzene rings is 3. The Kier molecular flexibility index (Phi) is 6.49. The lowest BCUT2D eigenvalue weighted by Crippen LogP contribution is -2.54. The fraction of sp³-hybridized carbons (Fsp3) is 0.0800. The number of rotatable bonds is 5. The lowest BCUT2D eigenvalue weighted by atomic mass is 10.1. The molecule has 0 spiro atoms. The number of hydrogen-bond donors (Lipinski definition) is 1. The molecule has 0 aliphatic carbocycles. The van der Waals surface area contributed by atoms with Gasteiger partial charge in [-0.05, 0) is 65.7 Å². The Bertz CT molecular complexity index is 1420. The molecule has 0 aromatic heterocycles. The standard InChI is InChI=1S/C25H15Cl3N2O6/c26-15-2-4-16(5-3-15)30-24(32)17(23(31)29-25(30)33)7-14-8-18(27)22(19(28)9-14)34-11-13-1-6-20-21(10-13)36-12-35-20/h1-10H,11-12H2,(H,29,31,33)/b17-7+. The van der Waals surface area contributed by atoms with E-state index in [4.69, 9.17) is 49.0 Å². The monoisotopic (exact) mass is 544 g/mol. The predicted octanol–water partition coefficient (Wildman–Crippen LogP) is 5.62. The summed E-state index contributed by atoms with van der Waals surface area (Å²) >= 11 is 18.7. The molecule has 3 aromatic carbocycles. The van der Waals surface area contributed by atoms with E-state index in [0.29, 0.717) is 22.1 Å². The Hall–Kier alpha value is -3.72. The SMILES string of the molecule is O=C1NC(=O)N(c2ccc(Cl)cc2)C(=O)/C1=C/c1cc(Cl)c(OCc2ccc3c(c2)OCO3)c(Cl)c1. The first-order valence-corrected chi connectivity index (χ1v) is 11.6. The third-order valence-electron chi connectivity index (χ3n) is 5.34. The third-order valence-corrected chi connectivity index (χ3v) is 6.15. The van der Waals surface area contributed by atoms with E-state index in [0.717, 1.165) is 10.5 Å². The zero-order valence-corrected chi connectivity index (χ0v) is 20.5. The van der Waals surface area contributed by atoms with Crippen molar-refractivity contribution >= 4 is 64.4 Å². The highest BCUT2D eigenvalue weighted by Gasteiger charge is 2.36. The van der Waals surface area contributed by atoms with Crippen molar-refractivity contribution in [3.8, 4) is 17.2 Å². The largest absolute Gasteiger partial charge is 0.486 e. The van der Waals surface area contributed by atoms with Crippen LogP contribution in [0.4, 0.5) is 10.5 Å². The van der Waals surface area contributed by atoms with Gasteiger partial charge in [0.15, 0.2) is 17.2 Å². The molecule has 1 saturated heterocycles. The quantitative estimate of drug-likeness (QED) is 0.330. The van der Waals surface area contributed by atoms with Crippen LogP contribution in [0.15, 0.2) is 60.2 Å². The van der Waals surface area contributed by atoms with E-state index < -0.39 is 17.8 Å². The van der Waals surface area contributed by atoms with E-state index in [-0.39, 0.29) is 40.5 Å². The molecule has 5 rings (SSSR count). The molecule has 1 fully saturated rings. The van der Waals surface area contributed by atoms with Crippen LogP contribution in [0.5, 0.6) is 17.2 Å². The van der Waals surface area contributed by atoms with Crippen molar-refractivity contribution in [1.82, 2.24) is 5.32 Å². The normalized spacial score (nSPS) is 15.9. The van der Waals surface area contributed by atoms with Crippen molar-refractivity contribution < 1.29 is 28.6 Å². The van der Waals surface area contributed by atoms with E-state index in [9.17, 15) is 14.4 Å². The molecule has 0 saturated carbocycles. The highest BCUT2D eigenvalue weighted by atomic mass is 35.5. The minimum absolute atomic E-state index is 0.162. The summed E-state index contributed by atoms with van der Waals surface area (Å²) < 4.78 is 16.5. The van der Waals surface area contributed by atoms with Gasteiger partial charge in [-0.15, -0.1) is 0 Å². The number of ether oxygens (including phenoxy) is 3. The van der Waals surface area contributed by atoms with Crippen molar-refractivity contribution in [3.63, 3.8) is 0 Å². The maximum Gasteiger partial charge on any atom is 0.335 e. The number of urea groups is 1. The summed E-state index contributed by atoms with van der Waals surface area (Å²) in [6.07, 6.45) is 1.30. The maximum absolute atomic E-state index is 13.0. The van der Waals surface area contributed by atoms with Crippen LogP contribution < -0.4 is 24.4 Å². The summed E-state index contributed by atoms with van der Waals surface area (Å²) in [5.74, 6) is -0.135. The van der Waals surface area contributed by atoms with Crippen LogP contribution in [-0.2, 0) is 16.2 Å². The maximum atomic E-state index is 13.0. The third kappa shape index (κ3) is 4.70. The molecular formula is C25H15Cl3N2O6. The molecule has 0 atom stereocenters. The Morgan fingerprint density at radius 1 is 0.917 bits per heavy atom. The first-order valence-electron chi connectivity index (χ1n) is 10.5. The molecule has 2 heterocycles. The number of amides is 4. The average molecular weight is 546 g/mol. The highest BCUT2D eigenvalue weighted by molar-refractivity contribution is 6.40. The first kappa shape index (κ1) is 24.0. The number of carbonyl (C=O) groups excluding carboxylic acids is 3. The number of hydrogen-bond acceptors (Lipinski definition) is 6. The van der Waals surface area contributed by atoms with Gasteiger partial charge in [0, 0.05) is 5.02 Å². The second kappa shape index (κ2) is 9.73. The Balaban J connectivity index is 1.38. The van der Waals surface area contributed by atoms with E-state index >= 15 is 0 Å². The van der Waals surface area contributed by atoms with Gasteiger partial charge in [-0.2, -0.15) is 0 Å². The number of nitrogens with zero attached hydrogens (tertiary/aromatic N) is 1. The predicted molar refractivity (Wildman–Crippen MR) is 134 cm³/mol. The van der Waals surface area contributed by atoms with E-state index in [1.54, 1.807) is 12.1 Å². The van der Waals surface area contributed by atoms with Crippen molar-refractivity contribution in [2.24, 2.45) is 0 Å². The molecule has 3 aromatic rings. The highest BCUT2D eigenvalue weighted by Crippen LogP contribution is 2.37. The van der Waals surface area contributed by atoms with Gasteiger partial charge in [0.05, 0.1) is 15.7 Å². The number of imide groups is 2. The van der Waals surface area contributed by atoms with Gasteiger partial charge >= 0.3 is 6.03 Å². The summed E-state index contributed by atoms with van der Waals surface area (Å²) in [7, 11) is 0. The molecule has 0 bridgehead atoms. The molecule has 0 radical (unpaired) electrons. The average Bonchev–Trinajstić information content (AvgIpc) is 3.30. The van der Waals surface area contributed by atoms with Gasteiger partial charge in [-0.3, -0.25) is 14.9 Å². The van der Waals surface area contributed by atoms with E-state index in [1.165, 1.54) is 42.5 Å². The lowest BCUT2D eigenvalue weighted by Gasteiger charge is -2.26. The summed E-state index contributed by atoms with van der Waals surface area (Å²) in [6.45, 7) is 0.329.